The Balaban J connectivity index is 1.96. The highest BCUT2D eigenvalue weighted by atomic mass is 15.1. The summed E-state index contributed by atoms with van der Waals surface area (Å²) in [5, 5.41) is 8.53. The minimum atomic E-state index is 0.243. The van der Waals surface area contributed by atoms with E-state index in [1.54, 1.807) is 0 Å². The molecule has 0 unspecified atom stereocenters. The first kappa shape index (κ1) is 12.0. The number of hydrogen-bond donors (Lipinski definition) is 0. The van der Waals surface area contributed by atoms with Crippen LogP contribution in [0.5, 0.6) is 0 Å². The van der Waals surface area contributed by atoms with Gasteiger partial charge in [0.15, 0.2) is 0 Å². The minimum Gasteiger partial charge on any atom is -0.151 e. The lowest BCUT2D eigenvalue weighted by molar-refractivity contribution is 0.978. The summed E-state index contributed by atoms with van der Waals surface area (Å²) >= 11 is 0. The highest BCUT2D eigenvalue weighted by Crippen LogP contribution is 2.34. The minimum absolute atomic E-state index is 0.243. The molecule has 2 nitrogen and oxygen atoms in total. The predicted molar refractivity (Wildman–Crippen MR) is 84.4 cm³/mol. The van der Waals surface area contributed by atoms with Gasteiger partial charge in [-0.25, -0.2) is 0 Å². The van der Waals surface area contributed by atoms with Gasteiger partial charge in [-0.15, -0.1) is 0 Å². The van der Waals surface area contributed by atoms with Gasteiger partial charge in [0.25, 0.3) is 0 Å². The Labute approximate surface area is 123 Å². The Morgan fingerprint density at radius 1 is 0.476 bits per heavy atom. The second kappa shape index (κ2) is 4.98. The Hall–Kier alpha value is -2.74. The second-order valence-electron chi connectivity index (χ2n) is 5.23. The SMILES string of the molecule is c1ccc(C2c3ccc(cc3)N=Nc3ccc2cc3)cc1. The zero-order valence-electron chi connectivity index (χ0n) is 11.5. The van der Waals surface area contributed by atoms with E-state index in [1.165, 1.54) is 16.7 Å². The average Bonchev–Trinajstić information content (AvgIpc) is 2.65. The first-order valence-electron chi connectivity index (χ1n) is 7.07. The molecule has 3 aromatic rings. The molecule has 100 valence electrons. The van der Waals surface area contributed by atoms with Crippen LogP contribution in [0.3, 0.4) is 0 Å². The molecule has 21 heavy (non-hydrogen) atoms. The first-order chi connectivity index (χ1) is 10.4. The fraction of sp³-hybridized carbons (Fsp3) is 0.0526. The lowest BCUT2D eigenvalue weighted by Crippen LogP contribution is -2.02. The van der Waals surface area contributed by atoms with E-state index in [9.17, 15) is 0 Å². The topological polar surface area (TPSA) is 24.7 Å². The van der Waals surface area contributed by atoms with Crippen molar-refractivity contribution < 1.29 is 0 Å². The van der Waals surface area contributed by atoms with Crippen LogP contribution in [0.1, 0.15) is 22.6 Å². The van der Waals surface area contributed by atoms with E-state index in [0.29, 0.717) is 0 Å². The molecule has 0 saturated carbocycles. The summed E-state index contributed by atoms with van der Waals surface area (Å²) < 4.78 is 0. The van der Waals surface area contributed by atoms with Crippen molar-refractivity contribution in [2.75, 3.05) is 0 Å². The molecule has 4 aliphatic heterocycles. The molecule has 3 aromatic carbocycles. The van der Waals surface area contributed by atoms with Crippen LogP contribution < -0.4 is 0 Å². The van der Waals surface area contributed by atoms with Crippen molar-refractivity contribution >= 4 is 11.4 Å². The van der Waals surface area contributed by atoms with Crippen LogP contribution in [0.2, 0.25) is 0 Å². The molecule has 0 fully saturated rings. The van der Waals surface area contributed by atoms with Gasteiger partial charge in [-0.1, -0.05) is 54.6 Å². The van der Waals surface area contributed by atoms with Crippen molar-refractivity contribution in [1.29, 1.82) is 0 Å². The molecular formula is C19H14N2. The van der Waals surface area contributed by atoms with Crippen molar-refractivity contribution in [1.82, 2.24) is 0 Å². The maximum atomic E-state index is 4.26. The third-order valence-corrected chi connectivity index (χ3v) is 3.87. The molecule has 7 rings (SSSR count). The molecule has 0 saturated heterocycles. The molecule has 4 bridgehead atoms. The molecule has 0 aromatic heterocycles. The first-order valence-corrected chi connectivity index (χ1v) is 7.07. The van der Waals surface area contributed by atoms with Gasteiger partial charge >= 0.3 is 0 Å². The molecule has 0 radical (unpaired) electrons. The highest BCUT2D eigenvalue weighted by Gasteiger charge is 2.17. The number of hydrogen-bond acceptors (Lipinski definition) is 2. The molecule has 0 N–H and O–H groups in total. The maximum Gasteiger partial charge on any atom is 0.0857 e. The van der Waals surface area contributed by atoms with Gasteiger partial charge in [-0.05, 0) is 41.0 Å². The lowest BCUT2D eigenvalue weighted by Gasteiger charge is -2.18. The van der Waals surface area contributed by atoms with Gasteiger partial charge in [-0.2, -0.15) is 10.2 Å². The van der Waals surface area contributed by atoms with Crippen molar-refractivity contribution in [2.24, 2.45) is 10.2 Å². The molecule has 4 aliphatic rings. The zero-order valence-corrected chi connectivity index (χ0v) is 11.5. The number of rotatable bonds is 1. The summed E-state index contributed by atoms with van der Waals surface area (Å²) in [6.45, 7) is 0. The average molecular weight is 270 g/mol. The largest absolute Gasteiger partial charge is 0.151 e. The monoisotopic (exact) mass is 270 g/mol. The van der Waals surface area contributed by atoms with Crippen LogP contribution in [-0.2, 0) is 0 Å². The zero-order chi connectivity index (χ0) is 14.1. The normalized spacial score (nSPS) is 13.3. The standard InChI is InChI=1S/C19H14N2/c1-2-4-14(5-3-1)19-15-6-10-17(11-7-15)20-21-18-12-8-16(19)9-13-18/h1-13,19H. The van der Waals surface area contributed by atoms with E-state index >= 15 is 0 Å². The summed E-state index contributed by atoms with van der Waals surface area (Å²) in [4.78, 5) is 0. The Morgan fingerprint density at radius 3 is 1.38 bits per heavy atom. The predicted octanol–water partition coefficient (Wildman–Crippen LogP) is 5.60. The van der Waals surface area contributed by atoms with Crippen LogP contribution in [0, 0.1) is 0 Å². The van der Waals surface area contributed by atoms with Gasteiger partial charge in [0, 0.05) is 5.92 Å². The van der Waals surface area contributed by atoms with Gasteiger partial charge in [0.2, 0.25) is 0 Å². The van der Waals surface area contributed by atoms with Gasteiger partial charge in [-0.3, -0.25) is 0 Å². The van der Waals surface area contributed by atoms with Crippen molar-refractivity contribution in [3.63, 3.8) is 0 Å². The summed E-state index contributed by atoms with van der Waals surface area (Å²) in [7, 11) is 0. The summed E-state index contributed by atoms with van der Waals surface area (Å²) in [5.74, 6) is 0.243. The van der Waals surface area contributed by atoms with E-state index in [1.807, 2.05) is 24.3 Å². The van der Waals surface area contributed by atoms with E-state index in [2.05, 4.69) is 64.8 Å². The number of nitrogens with zero attached hydrogens (tertiary/aromatic N) is 2. The van der Waals surface area contributed by atoms with Crippen LogP contribution in [0.25, 0.3) is 0 Å². The summed E-state index contributed by atoms with van der Waals surface area (Å²) in [6, 6.07) is 27.3. The van der Waals surface area contributed by atoms with Crippen molar-refractivity contribution in [3.8, 4) is 0 Å². The van der Waals surface area contributed by atoms with Gasteiger partial charge in [0.1, 0.15) is 0 Å². The molecule has 0 amide bonds. The third kappa shape index (κ3) is 2.25. The maximum absolute atomic E-state index is 4.26. The quantitative estimate of drug-likeness (QED) is 0.430. The highest BCUT2D eigenvalue weighted by molar-refractivity contribution is 5.50. The number of benzene rings is 3. The fourth-order valence-corrected chi connectivity index (χ4v) is 2.81. The Morgan fingerprint density at radius 2 is 0.905 bits per heavy atom. The van der Waals surface area contributed by atoms with E-state index < -0.39 is 0 Å². The van der Waals surface area contributed by atoms with Crippen LogP contribution in [-0.4, -0.2) is 0 Å². The van der Waals surface area contributed by atoms with E-state index in [0.717, 1.165) is 11.4 Å². The number of azo groups is 1. The van der Waals surface area contributed by atoms with Gasteiger partial charge in [0.05, 0.1) is 11.4 Å². The molecule has 0 spiro atoms. The molecule has 2 heteroatoms. The Bertz CT molecular complexity index is 723. The van der Waals surface area contributed by atoms with Crippen LogP contribution in [0.15, 0.2) is 89.1 Å². The van der Waals surface area contributed by atoms with Crippen LogP contribution in [0.4, 0.5) is 11.4 Å². The third-order valence-electron chi connectivity index (χ3n) is 3.87. The molecule has 0 aliphatic carbocycles. The fourth-order valence-electron chi connectivity index (χ4n) is 2.81. The molecule has 4 heterocycles. The van der Waals surface area contributed by atoms with E-state index in [-0.39, 0.29) is 5.92 Å². The summed E-state index contributed by atoms with van der Waals surface area (Å²) in [6.07, 6.45) is 0. The molecule has 0 atom stereocenters. The lowest BCUT2D eigenvalue weighted by atomic mass is 9.85. The van der Waals surface area contributed by atoms with E-state index in [4.69, 9.17) is 0 Å². The smallest absolute Gasteiger partial charge is 0.0857 e. The van der Waals surface area contributed by atoms with Crippen molar-refractivity contribution in [3.05, 3.63) is 95.6 Å². The van der Waals surface area contributed by atoms with Gasteiger partial charge < -0.3 is 0 Å². The second-order valence-corrected chi connectivity index (χ2v) is 5.23. The Kier molecular flexibility index (Phi) is 2.86. The summed E-state index contributed by atoms with van der Waals surface area (Å²) in [5.41, 5.74) is 5.61. The van der Waals surface area contributed by atoms with Crippen LogP contribution >= 0.6 is 0 Å². The molecular weight excluding hydrogens is 256 g/mol. The van der Waals surface area contributed by atoms with Crippen molar-refractivity contribution in [2.45, 2.75) is 5.92 Å².